The van der Waals surface area contributed by atoms with Crippen molar-refractivity contribution in [3.05, 3.63) is 35.9 Å². The number of amides is 1. The molecule has 1 heterocycles. The molecule has 0 radical (unpaired) electrons. The third-order valence-corrected chi connectivity index (χ3v) is 4.03. The highest BCUT2D eigenvalue weighted by Crippen LogP contribution is 2.29. The van der Waals surface area contributed by atoms with Gasteiger partial charge in [0.1, 0.15) is 11.6 Å². The third kappa shape index (κ3) is 2.41. The fourth-order valence-corrected chi connectivity index (χ4v) is 2.76. The Morgan fingerprint density at radius 1 is 1.35 bits per heavy atom. The summed E-state index contributed by atoms with van der Waals surface area (Å²) in [7, 11) is 0. The summed E-state index contributed by atoms with van der Waals surface area (Å²) < 4.78 is 0. The molecule has 0 aromatic heterocycles. The van der Waals surface area contributed by atoms with Gasteiger partial charge in [-0.15, -0.1) is 0 Å². The predicted octanol–water partition coefficient (Wildman–Crippen LogP) is 1.18. The molecule has 20 heavy (non-hydrogen) atoms. The van der Waals surface area contributed by atoms with Crippen LogP contribution in [-0.4, -0.2) is 34.5 Å². The molecule has 3 N–H and O–H groups in total. The average Bonchev–Trinajstić information content (AvgIpc) is 2.80. The molecule has 108 valence electrons. The van der Waals surface area contributed by atoms with Crippen LogP contribution in [0.4, 0.5) is 0 Å². The molecule has 1 saturated heterocycles. The Kier molecular flexibility index (Phi) is 3.81. The molecular formula is C15H20N2O3. The number of carboxylic acid groups (broad SMARTS) is 1. The van der Waals surface area contributed by atoms with Gasteiger partial charge < -0.3 is 15.7 Å². The normalized spacial score (nSPS) is 25.2. The lowest BCUT2D eigenvalue weighted by Gasteiger charge is -2.32. The Bertz CT molecular complexity index is 513. The van der Waals surface area contributed by atoms with Gasteiger partial charge in [0.15, 0.2) is 0 Å². The maximum absolute atomic E-state index is 12.7. The van der Waals surface area contributed by atoms with Crippen molar-refractivity contribution in [1.82, 2.24) is 4.90 Å². The molecule has 3 atom stereocenters. The molecule has 1 fully saturated rings. The molecule has 1 aromatic carbocycles. The standard InChI is InChI=1S/C15H20N2O3/c1-10-8-9-17(12(10)13(18)19)14(20)15(2,16)11-6-4-3-5-7-11/h3-7,10,12H,8-9,16H2,1-2H3,(H,18,19). The zero-order chi connectivity index (χ0) is 14.9. The van der Waals surface area contributed by atoms with Gasteiger partial charge in [0.25, 0.3) is 0 Å². The van der Waals surface area contributed by atoms with Gasteiger partial charge in [-0.1, -0.05) is 37.3 Å². The van der Waals surface area contributed by atoms with Crippen LogP contribution in [0.15, 0.2) is 30.3 Å². The monoisotopic (exact) mass is 276 g/mol. The van der Waals surface area contributed by atoms with Gasteiger partial charge in [0.2, 0.25) is 5.91 Å². The highest BCUT2D eigenvalue weighted by Gasteiger charge is 2.44. The van der Waals surface area contributed by atoms with Crippen LogP contribution in [0, 0.1) is 5.92 Å². The lowest BCUT2D eigenvalue weighted by molar-refractivity contribution is -0.151. The van der Waals surface area contributed by atoms with Crippen molar-refractivity contribution in [2.75, 3.05) is 6.54 Å². The van der Waals surface area contributed by atoms with Gasteiger partial charge >= 0.3 is 5.97 Å². The minimum absolute atomic E-state index is 0.0528. The molecule has 0 bridgehead atoms. The van der Waals surface area contributed by atoms with Gasteiger partial charge in [0.05, 0.1) is 0 Å². The van der Waals surface area contributed by atoms with Crippen LogP contribution in [0.1, 0.15) is 25.8 Å². The van der Waals surface area contributed by atoms with Crippen LogP contribution in [-0.2, 0) is 15.1 Å². The van der Waals surface area contributed by atoms with Crippen molar-refractivity contribution >= 4 is 11.9 Å². The third-order valence-electron chi connectivity index (χ3n) is 4.03. The molecule has 1 aromatic rings. The van der Waals surface area contributed by atoms with Crippen LogP contribution in [0.2, 0.25) is 0 Å². The number of likely N-dealkylation sites (tertiary alicyclic amines) is 1. The number of hydrogen-bond donors (Lipinski definition) is 2. The summed E-state index contributed by atoms with van der Waals surface area (Å²) in [6, 6.07) is 8.26. The van der Waals surface area contributed by atoms with E-state index in [-0.39, 0.29) is 11.8 Å². The lowest BCUT2D eigenvalue weighted by Crippen LogP contribution is -2.54. The molecule has 2 rings (SSSR count). The van der Waals surface area contributed by atoms with Gasteiger partial charge in [-0.25, -0.2) is 4.79 Å². The molecule has 3 unspecified atom stereocenters. The largest absolute Gasteiger partial charge is 0.480 e. The number of rotatable bonds is 3. The molecular weight excluding hydrogens is 256 g/mol. The molecule has 0 spiro atoms. The number of nitrogens with zero attached hydrogens (tertiary/aromatic N) is 1. The first-order valence-electron chi connectivity index (χ1n) is 6.74. The minimum Gasteiger partial charge on any atom is -0.480 e. The van der Waals surface area contributed by atoms with E-state index in [9.17, 15) is 14.7 Å². The van der Waals surface area contributed by atoms with Gasteiger partial charge in [-0.3, -0.25) is 4.79 Å². The van der Waals surface area contributed by atoms with Crippen molar-refractivity contribution < 1.29 is 14.7 Å². The molecule has 1 aliphatic rings. The van der Waals surface area contributed by atoms with Crippen LogP contribution >= 0.6 is 0 Å². The van der Waals surface area contributed by atoms with E-state index in [1.807, 2.05) is 25.1 Å². The number of hydrogen-bond acceptors (Lipinski definition) is 3. The van der Waals surface area contributed by atoms with E-state index in [0.717, 1.165) is 0 Å². The molecule has 0 saturated carbocycles. The maximum atomic E-state index is 12.7. The number of carboxylic acids is 1. The van der Waals surface area contributed by atoms with Gasteiger partial charge in [-0.2, -0.15) is 0 Å². The molecule has 1 amide bonds. The average molecular weight is 276 g/mol. The first-order valence-corrected chi connectivity index (χ1v) is 6.74. The Hall–Kier alpha value is -1.88. The summed E-state index contributed by atoms with van der Waals surface area (Å²) in [4.78, 5) is 25.4. The molecule has 1 aliphatic heterocycles. The summed E-state index contributed by atoms with van der Waals surface area (Å²) in [5.41, 5.74) is 5.66. The summed E-state index contributed by atoms with van der Waals surface area (Å²) in [6.07, 6.45) is 0.688. The Labute approximate surface area is 118 Å². The summed E-state index contributed by atoms with van der Waals surface area (Å²) in [5, 5.41) is 9.30. The first kappa shape index (κ1) is 14.5. The Balaban J connectivity index is 2.29. The fraction of sp³-hybridized carbons (Fsp3) is 0.467. The van der Waals surface area contributed by atoms with Gasteiger partial charge in [0, 0.05) is 6.54 Å². The Morgan fingerprint density at radius 3 is 2.50 bits per heavy atom. The van der Waals surface area contributed by atoms with Crippen molar-refractivity contribution in [3.8, 4) is 0 Å². The van der Waals surface area contributed by atoms with E-state index in [1.54, 1.807) is 19.1 Å². The summed E-state index contributed by atoms with van der Waals surface area (Å²) >= 11 is 0. The first-order chi connectivity index (χ1) is 9.35. The number of carbonyl (C=O) groups is 2. The molecule has 5 nitrogen and oxygen atoms in total. The van der Waals surface area contributed by atoms with Crippen LogP contribution in [0.3, 0.4) is 0 Å². The number of aliphatic carboxylic acids is 1. The van der Waals surface area contributed by atoms with Crippen molar-refractivity contribution in [2.24, 2.45) is 11.7 Å². The van der Waals surface area contributed by atoms with Crippen molar-refractivity contribution in [2.45, 2.75) is 31.8 Å². The van der Waals surface area contributed by atoms with E-state index in [4.69, 9.17) is 5.73 Å². The van der Waals surface area contributed by atoms with Crippen LogP contribution in [0.5, 0.6) is 0 Å². The van der Waals surface area contributed by atoms with Crippen molar-refractivity contribution in [1.29, 1.82) is 0 Å². The number of nitrogens with two attached hydrogens (primary N) is 1. The van der Waals surface area contributed by atoms with Crippen molar-refractivity contribution in [3.63, 3.8) is 0 Å². The quantitative estimate of drug-likeness (QED) is 0.868. The highest BCUT2D eigenvalue weighted by atomic mass is 16.4. The zero-order valence-corrected chi connectivity index (χ0v) is 11.7. The lowest BCUT2D eigenvalue weighted by atomic mass is 9.91. The van der Waals surface area contributed by atoms with E-state index in [2.05, 4.69) is 0 Å². The minimum atomic E-state index is -1.21. The molecule has 0 aliphatic carbocycles. The summed E-state index contributed by atoms with van der Waals surface area (Å²) in [6.45, 7) is 3.92. The second kappa shape index (κ2) is 5.25. The van der Waals surface area contributed by atoms with E-state index < -0.39 is 17.6 Å². The van der Waals surface area contributed by atoms with E-state index in [0.29, 0.717) is 18.5 Å². The van der Waals surface area contributed by atoms with Gasteiger partial charge in [-0.05, 0) is 24.8 Å². The van der Waals surface area contributed by atoms with Crippen LogP contribution in [0.25, 0.3) is 0 Å². The summed E-state index contributed by atoms with van der Waals surface area (Å²) in [5.74, 6) is -1.35. The number of benzene rings is 1. The molecule has 5 heteroatoms. The second-order valence-corrected chi connectivity index (χ2v) is 5.62. The number of carbonyl (C=O) groups excluding carboxylic acids is 1. The smallest absolute Gasteiger partial charge is 0.326 e. The van der Waals surface area contributed by atoms with Crippen LogP contribution < -0.4 is 5.73 Å². The van der Waals surface area contributed by atoms with E-state index in [1.165, 1.54) is 4.90 Å². The maximum Gasteiger partial charge on any atom is 0.326 e. The fourth-order valence-electron chi connectivity index (χ4n) is 2.76. The highest BCUT2D eigenvalue weighted by molar-refractivity contribution is 5.91. The second-order valence-electron chi connectivity index (χ2n) is 5.62. The zero-order valence-electron chi connectivity index (χ0n) is 11.7. The topological polar surface area (TPSA) is 83.6 Å². The SMILES string of the molecule is CC1CCN(C(=O)C(C)(N)c2ccccc2)C1C(=O)O. The predicted molar refractivity (Wildman–Crippen MR) is 74.9 cm³/mol. The Morgan fingerprint density at radius 2 is 1.95 bits per heavy atom. The van der Waals surface area contributed by atoms with E-state index >= 15 is 0 Å².